The van der Waals surface area contributed by atoms with Crippen LogP contribution in [0.1, 0.15) is 45.6 Å². The molecule has 0 fully saturated rings. The van der Waals surface area contributed by atoms with Crippen LogP contribution >= 0.6 is 0 Å². The first kappa shape index (κ1) is 19.1. The second-order valence-electron chi connectivity index (χ2n) is 7.48. The number of rotatable bonds is 4. The topological polar surface area (TPSA) is 106 Å². The average Bonchev–Trinajstić information content (AvgIpc) is 2.69. The van der Waals surface area contributed by atoms with E-state index >= 15 is 0 Å². The lowest BCUT2D eigenvalue weighted by molar-refractivity contribution is 0.0501. The van der Waals surface area contributed by atoms with E-state index in [1.54, 1.807) is 18.2 Å². The van der Waals surface area contributed by atoms with E-state index in [1.165, 1.54) is 0 Å². The molecule has 0 unspecified atom stereocenters. The van der Waals surface area contributed by atoms with E-state index in [1.807, 2.05) is 25.1 Å². The molecule has 0 bridgehead atoms. The van der Waals surface area contributed by atoms with Crippen LogP contribution in [-0.2, 0) is 0 Å². The molecule has 0 aliphatic carbocycles. The molecule has 2 aromatic carbocycles. The monoisotopic (exact) mass is 395 g/mol. The summed E-state index contributed by atoms with van der Waals surface area (Å²) in [7, 11) is 0. The molecule has 0 saturated heterocycles. The van der Waals surface area contributed by atoms with E-state index in [4.69, 9.17) is 15.2 Å². The normalized spacial score (nSPS) is 22.3. The van der Waals surface area contributed by atoms with E-state index in [2.05, 4.69) is 17.2 Å². The maximum Gasteiger partial charge on any atom is 0.251 e. The highest BCUT2D eigenvalue weighted by Gasteiger charge is 2.31. The number of nitrogens with two attached hydrogens (primary N) is 1. The summed E-state index contributed by atoms with van der Waals surface area (Å²) in [6.45, 7) is 6.35. The molecule has 2 heterocycles. The molecule has 152 valence electrons. The Kier molecular flexibility index (Phi) is 5.07. The third-order valence-corrected chi connectivity index (χ3v) is 5.25. The zero-order valence-electron chi connectivity index (χ0n) is 16.3. The number of aryl methyl sites for hydroxylation is 1. The summed E-state index contributed by atoms with van der Waals surface area (Å²) in [6.07, 6.45) is -0.108. The van der Waals surface area contributed by atoms with Crippen LogP contribution in [0.15, 0.2) is 48.8 Å². The lowest BCUT2D eigenvalue weighted by Crippen LogP contribution is -2.42. The summed E-state index contributed by atoms with van der Waals surface area (Å²) in [5.41, 5.74) is 8.86. The van der Waals surface area contributed by atoms with Gasteiger partial charge in [0, 0.05) is 23.1 Å². The van der Waals surface area contributed by atoms with Gasteiger partial charge < -0.3 is 30.9 Å². The molecule has 3 atom stereocenters. The van der Waals surface area contributed by atoms with Gasteiger partial charge in [0.25, 0.3) is 5.91 Å². The number of benzene rings is 2. The number of nitrogens with one attached hydrogen (secondary N) is 2. The summed E-state index contributed by atoms with van der Waals surface area (Å²) in [5, 5.41) is 16.5. The van der Waals surface area contributed by atoms with Gasteiger partial charge in [0.15, 0.2) is 0 Å². The van der Waals surface area contributed by atoms with Crippen molar-refractivity contribution in [3.05, 3.63) is 71.1 Å². The van der Waals surface area contributed by atoms with Crippen LogP contribution in [0.2, 0.25) is 0 Å². The van der Waals surface area contributed by atoms with Crippen LogP contribution in [0.5, 0.6) is 11.5 Å². The van der Waals surface area contributed by atoms with Crippen molar-refractivity contribution in [2.24, 2.45) is 5.73 Å². The maximum absolute atomic E-state index is 13.0. The molecule has 29 heavy (non-hydrogen) atoms. The van der Waals surface area contributed by atoms with Crippen molar-refractivity contribution in [3.63, 3.8) is 0 Å². The molecule has 2 aliphatic heterocycles. The van der Waals surface area contributed by atoms with Crippen LogP contribution < -0.4 is 25.8 Å². The Labute approximate surface area is 169 Å². The van der Waals surface area contributed by atoms with Crippen molar-refractivity contribution in [1.82, 2.24) is 10.6 Å². The molecule has 2 aliphatic rings. The first-order valence-corrected chi connectivity index (χ1v) is 9.62. The number of fused-ring (bicyclic) bond motifs is 2. The molecular weight excluding hydrogens is 370 g/mol. The molecule has 7 nitrogen and oxygen atoms in total. The molecule has 2 aromatic rings. The third-order valence-electron chi connectivity index (χ3n) is 5.25. The van der Waals surface area contributed by atoms with Gasteiger partial charge in [0.2, 0.25) is 0 Å². The van der Waals surface area contributed by atoms with Crippen molar-refractivity contribution in [2.75, 3.05) is 13.2 Å². The van der Waals surface area contributed by atoms with Gasteiger partial charge in [-0.1, -0.05) is 24.3 Å². The molecule has 7 heteroatoms. The summed E-state index contributed by atoms with van der Waals surface area (Å²) < 4.78 is 11.3. The zero-order chi connectivity index (χ0) is 20.5. The van der Waals surface area contributed by atoms with Crippen LogP contribution in [-0.4, -0.2) is 30.3 Å². The summed E-state index contributed by atoms with van der Waals surface area (Å²) in [6, 6.07) is 10.4. The maximum atomic E-state index is 13.0. The molecular formula is C22H25N3O4. The Balaban J connectivity index is 1.60. The number of ether oxygens (including phenoxy) is 2. The van der Waals surface area contributed by atoms with Crippen LogP contribution in [0.25, 0.3) is 0 Å². The number of aliphatic hydroxyl groups is 1. The molecule has 1 amide bonds. The number of carbonyl (C=O) groups excluding carboxylic acids is 1. The minimum atomic E-state index is -0.829. The molecule has 0 aromatic heterocycles. The highest BCUT2D eigenvalue weighted by atomic mass is 16.5. The minimum Gasteiger partial charge on any atom is -0.493 e. The van der Waals surface area contributed by atoms with Crippen LogP contribution in [0, 0.1) is 6.92 Å². The van der Waals surface area contributed by atoms with Gasteiger partial charge in [-0.25, -0.2) is 0 Å². The molecule has 0 radical (unpaired) electrons. The number of carbonyl (C=O) groups is 1. The lowest BCUT2D eigenvalue weighted by atomic mass is 9.95. The Morgan fingerprint density at radius 3 is 2.69 bits per heavy atom. The van der Waals surface area contributed by atoms with E-state index in [0.717, 1.165) is 28.9 Å². The van der Waals surface area contributed by atoms with Crippen molar-refractivity contribution in [2.45, 2.75) is 31.5 Å². The van der Waals surface area contributed by atoms with Crippen LogP contribution in [0.4, 0.5) is 0 Å². The molecule has 5 N–H and O–H groups in total. The van der Waals surface area contributed by atoms with E-state index < -0.39 is 12.1 Å². The van der Waals surface area contributed by atoms with Gasteiger partial charge in [-0.2, -0.15) is 0 Å². The van der Waals surface area contributed by atoms with Gasteiger partial charge in [-0.05, 0) is 31.2 Å². The Morgan fingerprint density at radius 1 is 1.14 bits per heavy atom. The Bertz CT molecular complexity index is 959. The molecule has 0 spiro atoms. The summed E-state index contributed by atoms with van der Waals surface area (Å²) >= 11 is 0. The summed E-state index contributed by atoms with van der Waals surface area (Å²) in [4.78, 5) is 13.0. The van der Waals surface area contributed by atoms with Crippen molar-refractivity contribution >= 4 is 5.91 Å². The fourth-order valence-corrected chi connectivity index (χ4v) is 3.83. The van der Waals surface area contributed by atoms with E-state index in [0.29, 0.717) is 23.7 Å². The van der Waals surface area contributed by atoms with Gasteiger partial charge in [0.05, 0.1) is 24.5 Å². The van der Waals surface area contributed by atoms with Gasteiger partial charge in [-0.3, -0.25) is 4.79 Å². The van der Waals surface area contributed by atoms with Crippen molar-refractivity contribution in [3.8, 4) is 11.5 Å². The smallest absolute Gasteiger partial charge is 0.251 e. The first-order chi connectivity index (χ1) is 13.9. The molecule has 4 rings (SSSR count). The molecule has 0 saturated carbocycles. The SMILES string of the molecule is C=C(N)N[C@@H]1CCOc2ccc(C(=O)N[C@H]3c4cc(C)ccc4OC[C@@H]3O)cc21. The highest BCUT2D eigenvalue weighted by Crippen LogP contribution is 2.35. The van der Waals surface area contributed by atoms with Gasteiger partial charge in [-0.15, -0.1) is 0 Å². The predicted octanol–water partition coefficient (Wildman–Crippen LogP) is 2.06. The average molecular weight is 395 g/mol. The van der Waals surface area contributed by atoms with E-state index in [-0.39, 0.29) is 18.6 Å². The number of hydrogen-bond acceptors (Lipinski definition) is 6. The largest absolute Gasteiger partial charge is 0.493 e. The highest BCUT2D eigenvalue weighted by molar-refractivity contribution is 5.95. The number of hydrogen-bond donors (Lipinski definition) is 4. The fourth-order valence-electron chi connectivity index (χ4n) is 3.83. The van der Waals surface area contributed by atoms with E-state index in [9.17, 15) is 9.90 Å². The third kappa shape index (κ3) is 3.86. The lowest BCUT2D eigenvalue weighted by Gasteiger charge is -2.31. The first-order valence-electron chi connectivity index (χ1n) is 9.62. The quantitative estimate of drug-likeness (QED) is 0.632. The minimum absolute atomic E-state index is 0.0685. The second-order valence-corrected chi connectivity index (χ2v) is 7.48. The van der Waals surface area contributed by atoms with Crippen molar-refractivity contribution in [1.29, 1.82) is 0 Å². The van der Waals surface area contributed by atoms with Gasteiger partial charge >= 0.3 is 0 Å². The summed E-state index contributed by atoms with van der Waals surface area (Å²) in [5.74, 6) is 1.49. The Hall–Kier alpha value is -3.19. The zero-order valence-corrected chi connectivity index (χ0v) is 16.3. The second kappa shape index (κ2) is 7.67. The number of aliphatic hydroxyl groups excluding tert-OH is 1. The standard InChI is InChI=1S/C22H25N3O4/c1-12-3-5-20-16(9-12)21(18(26)11-29-20)25-22(27)14-4-6-19-15(10-14)17(7-8-28-19)24-13(2)23/h3-6,9-10,17-18,21,24,26H,2,7-8,11,23H2,1H3,(H,25,27)/t17-,18+,21+/m1/s1. The van der Waals surface area contributed by atoms with Crippen LogP contribution in [0.3, 0.4) is 0 Å². The number of amides is 1. The fraction of sp³-hybridized carbons (Fsp3) is 0.318. The van der Waals surface area contributed by atoms with Gasteiger partial charge in [0.1, 0.15) is 24.2 Å². The Morgan fingerprint density at radius 2 is 1.90 bits per heavy atom. The predicted molar refractivity (Wildman–Crippen MR) is 109 cm³/mol. The van der Waals surface area contributed by atoms with Crippen molar-refractivity contribution < 1.29 is 19.4 Å².